The number of hydrogen-bond donors (Lipinski definition) is 1. The predicted octanol–water partition coefficient (Wildman–Crippen LogP) is 2.41. The molecule has 2 aromatic rings. The van der Waals surface area contributed by atoms with Crippen molar-refractivity contribution in [1.29, 1.82) is 0 Å². The molecule has 1 N–H and O–H groups in total. The summed E-state index contributed by atoms with van der Waals surface area (Å²) in [6.07, 6.45) is 0.715. The molecule has 0 unspecified atom stereocenters. The Hall–Kier alpha value is -2.74. The first kappa shape index (κ1) is 19.0. The van der Waals surface area contributed by atoms with Gasteiger partial charge < -0.3 is 14.4 Å². The van der Waals surface area contributed by atoms with Crippen molar-refractivity contribution in [2.24, 2.45) is 0 Å². The summed E-state index contributed by atoms with van der Waals surface area (Å²) in [4.78, 5) is 13.5. The Labute approximate surface area is 158 Å². The fourth-order valence-corrected chi connectivity index (χ4v) is 4.18. The van der Waals surface area contributed by atoms with Crippen molar-refractivity contribution in [2.75, 3.05) is 25.5 Å². The minimum Gasteiger partial charge on any atom is -0.497 e. The number of ether oxygens (including phenoxy) is 2. The van der Waals surface area contributed by atoms with Gasteiger partial charge in [-0.3, -0.25) is 9.52 Å². The summed E-state index contributed by atoms with van der Waals surface area (Å²) in [5, 5.41) is 0. The third-order valence-corrected chi connectivity index (χ3v) is 5.96. The number of methoxy groups -OCH3 is 2. The monoisotopic (exact) mass is 390 g/mol. The Morgan fingerprint density at radius 3 is 2.52 bits per heavy atom. The highest BCUT2D eigenvalue weighted by Gasteiger charge is 2.22. The van der Waals surface area contributed by atoms with Crippen LogP contribution in [0, 0.1) is 0 Å². The van der Waals surface area contributed by atoms with Crippen LogP contribution in [-0.2, 0) is 27.8 Å². The maximum atomic E-state index is 12.9. The summed E-state index contributed by atoms with van der Waals surface area (Å²) in [5.74, 6) is 0.879. The average Bonchev–Trinajstić information content (AvgIpc) is 2.66. The van der Waals surface area contributed by atoms with Gasteiger partial charge in [0.05, 0.1) is 24.8 Å². The number of nitrogens with one attached hydrogen (secondary N) is 1. The van der Waals surface area contributed by atoms with E-state index in [0.717, 1.165) is 11.1 Å². The average molecular weight is 390 g/mol. The van der Waals surface area contributed by atoms with Crippen LogP contribution in [0.15, 0.2) is 41.3 Å². The molecular formula is C19H22N2O5S. The van der Waals surface area contributed by atoms with Gasteiger partial charge in [0.25, 0.3) is 10.0 Å². The molecule has 1 aliphatic heterocycles. The van der Waals surface area contributed by atoms with Gasteiger partial charge >= 0.3 is 0 Å². The fourth-order valence-electron chi connectivity index (χ4n) is 3.07. The molecule has 1 heterocycles. The summed E-state index contributed by atoms with van der Waals surface area (Å²) in [6, 6.07) is 9.90. The van der Waals surface area contributed by atoms with Crippen LogP contribution < -0.4 is 14.2 Å². The maximum Gasteiger partial charge on any atom is 0.262 e. The highest BCUT2D eigenvalue weighted by atomic mass is 32.2. The first-order chi connectivity index (χ1) is 12.8. The van der Waals surface area contributed by atoms with E-state index in [0.29, 0.717) is 36.7 Å². The Morgan fingerprint density at radius 1 is 1.07 bits per heavy atom. The van der Waals surface area contributed by atoms with Crippen LogP contribution in [0.2, 0.25) is 0 Å². The van der Waals surface area contributed by atoms with Crippen LogP contribution in [0.5, 0.6) is 11.5 Å². The lowest BCUT2D eigenvalue weighted by atomic mass is 10.00. The summed E-state index contributed by atoms with van der Waals surface area (Å²) in [5.41, 5.74) is 2.20. The summed E-state index contributed by atoms with van der Waals surface area (Å²) >= 11 is 0. The zero-order chi connectivity index (χ0) is 19.6. The van der Waals surface area contributed by atoms with Gasteiger partial charge in [-0.25, -0.2) is 8.42 Å². The summed E-state index contributed by atoms with van der Waals surface area (Å²) < 4.78 is 38.7. The molecule has 0 bridgehead atoms. The van der Waals surface area contributed by atoms with Gasteiger partial charge in [0, 0.05) is 26.1 Å². The van der Waals surface area contributed by atoms with E-state index < -0.39 is 10.0 Å². The molecule has 0 aromatic heterocycles. The van der Waals surface area contributed by atoms with Crippen LogP contribution in [0.25, 0.3) is 0 Å². The van der Waals surface area contributed by atoms with E-state index in [4.69, 9.17) is 9.47 Å². The Kier molecular flexibility index (Phi) is 5.27. The number of benzene rings is 2. The molecular weight excluding hydrogens is 368 g/mol. The Morgan fingerprint density at radius 2 is 1.85 bits per heavy atom. The molecule has 1 aliphatic rings. The molecule has 0 saturated carbocycles. The van der Waals surface area contributed by atoms with Crippen LogP contribution in [0.3, 0.4) is 0 Å². The van der Waals surface area contributed by atoms with Gasteiger partial charge in [-0.1, -0.05) is 6.07 Å². The van der Waals surface area contributed by atoms with E-state index >= 15 is 0 Å². The first-order valence-electron chi connectivity index (χ1n) is 8.46. The quantitative estimate of drug-likeness (QED) is 0.847. The maximum absolute atomic E-state index is 12.9. The molecule has 144 valence electrons. The van der Waals surface area contributed by atoms with Gasteiger partial charge in [-0.05, 0) is 41.8 Å². The topological polar surface area (TPSA) is 84.9 Å². The zero-order valence-corrected chi connectivity index (χ0v) is 16.3. The molecule has 0 atom stereocenters. The molecule has 0 aliphatic carbocycles. The smallest absolute Gasteiger partial charge is 0.262 e. The Bertz CT molecular complexity index is 972. The van der Waals surface area contributed by atoms with Gasteiger partial charge in [-0.15, -0.1) is 0 Å². The van der Waals surface area contributed by atoms with Crippen molar-refractivity contribution in [3.05, 3.63) is 47.5 Å². The number of nitrogens with zero attached hydrogens (tertiary/aromatic N) is 1. The number of rotatable bonds is 5. The largest absolute Gasteiger partial charge is 0.497 e. The van der Waals surface area contributed by atoms with Gasteiger partial charge in [0.2, 0.25) is 5.91 Å². The van der Waals surface area contributed by atoms with Crippen molar-refractivity contribution in [3.8, 4) is 11.5 Å². The lowest BCUT2D eigenvalue weighted by Crippen LogP contribution is -2.34. The zero-order valence-electron chi connectivity index (χ0n) is 15.5. The second-order valence-corrected chi connectivity index (χ2v) is 7.98. The van der Waals surface area contributed by atoms with Crippen molar-refractivity contribution >= 4 is 21.6 Å². The Balaban J connectivity index is 1.92. The third-order valence-electron chi connectivity index (χ3n) is 4.60. The molecule has 0 radical (unpaired) electrons. The van der Waals surface area contributed by atoms with Crippen LogP contribution in [0.1, 0.15) is 18.1 Å². The molecule has 8 heteroatoms. The van der Waals surface area contributed by atoms with Crippen LogP contribution in [-0.4, -0.2) is 40.0 Å². The lowest BCUT2D eigenvalue weighted by Gasteiger charge is -2.28. The molecule has 0 spiro atoms. The summed E-state index contributed by atoms with van der Waals surface area (Å²) in [6.45, 7) is 2.58. The standard InChI is InChI=1S/C19H22N2O5S/c1-13(22)21-9-8-14-4-6-17(10-15(14)12-21)27(23,24)20-18-11-16(25-2)5-7-19(18)26-3/h4-7,10-11,20H,8-9,12H2,1-3H3. The molecule has 1 amide bonds. The minimum absolute atomic E-state index is 0.0202. The lowest BCUT2D eigenvalue weighted by molar-refractivity contribution is -0.129. The third kappa shape index (κ3) is 4.00. The highest BCUT2D eigenvalue weighted by Crippen LogP contribution is 2.31. The van der Waals surface area contributed by atoms with E-state index in [-0.39, 0.29) is 10.8 Å². The normalized spacial score (nSPS) is 13.7. The molecule has 2 aromatic carbocycles. The van der Waals surface area contributed by atoms with Crippen molar-refractivity contribution in [3.63, 3.8) is 0 Å². The van der Waals surface area contributed by atoms with E-state index in [9.17, 15) is 13.2 Å². The SMILES string of the molecule is COc1ccc(OC)c(NS(=O)(=O)c2ccc3c(c2)CN(C(C)=O)CC3)c1. The number of carbonyl (C=O) groups is 1. The molecule has 0 fully saturated rings. The van der Waals surface area contributed by atoms with Gasteiger partial charge in [-0.2, -0.15) is 0 Å². The molecule has 0 saturated heterocycles. The summed E-state index contributed by atoms with van der Waals surface area (Å²) in [7, 11) is -0.860. The number of amides is 1. The number of hydrogen-bond acceptors (Lipinski definition) is 5. The number of sulfonamides is 1. The minimum atomic E-state index is -3.83. The fraction of sp³-hybridized carbons (Fsp3) is 0.316. The molecule has 7 nitrogen and oxygen atoms in total. The van der Waals surface area contributed by atoms with E-state index in [1.807, 2.05) is 6.07 Å². The van der Waals surface area contributed by atoms with Gasteiger partial charge in [0.1, 0.15) is 11.5 Å². The molecule has 3 rings (SSSR count). The second-order valence-electron chi connectivity index (χ2n) is 6.29. The van der Waals surface area contributed by atoms with E-state index in [1.165, 1.54) is 21.1 Å². The van der Waals surface area contributed by atoms with Crippen LogP contribution >= 0.6 is 0 Å². The van der Waals surface area contributed by atoms with Gasteiger partial charge in [0.15, 0.2) is 0 Å². The number of fused-ring (bicyclic) bond motifs is 1. The van der Waals surface area contributed by atoms with Crippen molar-refractivity contribution in [1.82, 2.24) is 4.90 Å². The predicted molar refractivity (Wildman–Crippen MR) is 102 cm³/mol. The number of anilines is 1. The van der Waals surface area contributed by atoms with E-state index in [1.54, 1.807) is 35.2 Å². The van der Waals surface area contributed by atoms with Crippen LogP contribution in [0.4, 0.5) is 5.69 Å². The highest BCUT2D eigenvalue weighted by molar-refractivity contribution is 7.92. The van der Waals surface area contributed by atoms with E-state index in [2.05, 4.69) is 4.72 Å². The van der Waals surface area contributed by atoms with Crippen molar-refractivity contribution in [2.45, 2.75) is 24.8 Å². The van der Waals surface area contributed by atoms with Crippen molar-refractivity contribution < 1.29 is 22.7 Å². The molecule has 27 heavy (non-hydrogen) atoms. The number of carbonyl (C=O) groups excluding carboxylic acids is 1. The second kappa shape index (κ2) is 7.48. The first-order valence-corrected chi connectivity index (χ1v) is 9.94.